The SMILES string of the molecule is CC(C)C(=O)O.O=C(O)C(Cl)(c1ccccc1)c1ccccc1. The van der Waals surface area contributed by atoms with Gasteiger partial charge in [0, 0.05) is 0 Å². The minimum Gasteiger partial charge on any atom is -0.481 e. The molecule has 0 amide bonds. The summed E-state index contributed by atoms with van der Waals surface area (Å²) >= 11 is 6.33. The number of rotatable bonds is 4. The van der Waals surface area contributed by atoms with E-state index < -0.39 is 16.8 Å². The molecule has 0 aliphatic heterocycles. The summed E-state index contributed by atoms with van der Waals surface area (Å²) in [5.74, 6) is -2.04. The maximum absolute atomic E-state index is 11.5. The molecular weight excluding hydrogens is 316 g/mol. The molecule has 0 bridgehead atoms. The van der Waals surface area contributed by atoms with E-state index in [0.717, 1.165) is 0 Å². The second kappa shape index (κ2) is 8.34. The first kappa shape index (κ1) is 18.7. The molecule has 0 radical (unpaired) electrons. The van der Waals surface area contributed by atoms with E-state index in [1.807, 2.05) is 12.1 Å². The van der Waals surface area contributed by atoms with E-state index in [0.29, 0.717) is 11.1 Å². The van der Waals surface area contributed by atoms with Crippen LogP contribution < -0.4 is 0 Å². The third-order valence-electron chi connectivity index (χ3n) is 3.13. The van der Waals surface area contributed by atoms with Crippen molar-refractivity contribution in [3.05, 3.63) is 71.8 Å². The monoisotopic (exact) mass is 334 g/mol. The van der Waals surface area contributed by atoms with E-state index in [-0.39, 0.29) is 5.92 Å². The van der Waals surface area contributed by atoms with Crippen LogP contribution in [0.4, 0.5) is 0 Å². The molecule has 0 spiro atoms. The van der Waals surface area contributed by atoms with Crippen LogP contribution in [-0.2, 0) is 14.5 Å². The Morgan fingerprint density at radius 1 is 0.870 bits per heavy atom. The average Bonchev–Trinajstić information content (AvgIpc) is 2.56. The quantitative estimate of drug-likeness (QED) is 0.829. The van der Waals surface area contributed by atoms with Crippen molar-refractivity contribution in [2.24, 2.45) is 5.92 Å². The van der Waals surface area contributed by atoms with Crippen LogP contribution in [0.15, 0.2) is 60.7 Å². The van der Waals surface area contributed by atoms with E-state index in [9.17, 15) is 14.7 Å². The zero-order valence-corrected chi connectivity index (χ0v) is 13.7. The fourth-order valence-corrected chi connectivity index (χ4v) is 2.00. The van der Waals surface area contributed by atoms with E-state index in [1.165, 1.54) is 0 Å². The summed E-state index contributed by atoms with van der Waals surface area (Å²) in [6.07, 6.45) is 0. The fraction of sp³-hybridized carbons (Fsp3) is 0.222. The number of hydrogen-bond donors (Lipinski definition) is 2. The van der Waals surface area contributed by atoms with Crippen molar-refractivity contribution in [2.45, 2.75) is 18.7 Å². The lowest BCUT2D eigenvalue weighted by atomic mass is 9.90. The van der Waals surface area contributed by atoms with Crippen LogP contribution >= 0.6 is 11.6 Å². The molecule has 0 fully saturated rings. The highest BCUT2D eigenvalue weighted by Crippen LogP contribution is 2.36. The van der Waals surface area contributed by atoms with E-state index in [4.69, 9.17) is 16.7 Å². The molecule has 2 aromatic carbocycles. The van der Waals surface area contributed by atoms with Crippen LogP contribution in [0.2, 0.25) is 0 Å². The van der Waals surface area contributed by atoms with Gasteiger partial charge in [-0.25, -0.2) is 4.79 Å². The Hall–Kier alpha value is -2.33. The number of halogens is 1. The Kier molecular flexibility index (Phi) is 6.79. The van der Waals surface area contributed by atoms with Crippen LogP contribution in [0, 0.1) is 5.92 Å². The van der Waals surface area contributed by atoms with Crippen LogP contribution in [0.3, 0.4) is 0 Å². The van der Waals surface area contributed by atoms with Gasteiger partial charge in [0.15, 0.2) is 4.87 Å². The number of hydrogen-bond acceptors (Lipinski definition) is 2. The van der Waals surface area contributed by atoms with Crippen molar-refractivity contribution in [2.75, 3.05) is 0 Å². The minimum absolute atomic E-state index is 0.231. The summed E-state index contributed by atoms with van der Waals surface area (Å²) in [7, 11) is 0. The number of benzene rings is 2. The summed E-state index contributed by atoms with van der Waals surface area (Å²) in [5.41, 5.74) is 1.11. The Labute approximate surface area is 140 Å². The molecule has 0 aliphatic rings. The molecule has 0 aromatic heterocycles. The van der Waals surface area contributed by atoms with E-state index >= 15 is 0 Å². The number of carboxylic acid groups (broad SMARTS) is 2. The van der Waals surface area contributed by atoms with Crippen LogP contribution in [0.1, 0.15) is 25.0 Å². The molecule has 2 N–H and O–H groups in total. The van der Waals surface area contributed by atoms with Crippen molar-refractivity contribution in [1.82, 2.24) is 0 Å². The molecule has 0 aliphatic carbocycles. The standard InChI is InChI=1S/C14H11ClO2.C4H8O2/c15-14(13(16)17,11-7-3-1-4-8-11)12-9-5-2-6-10-12;1-3(2)4(5)6/h1-10H,(H,16,17);3H,1-2H3,(H,5,6). The Morgan fingerprint density at radius 2 is 1.17 bits per heavy atom. The van der Waals surface area contributed by atoms with Gasteiger partial charge in [0.2, 0.25) is 0 Å². The largest absolute Gasteiger partial charge is 0.481 e. The Morgan fingerprint density at radius 3 is 1.39 bits per heavy atom. The first-order valence-electron chi connectivity index (χ1n) is 7.06. The first-order valence-corrected chi connectivity index (χ1v) is 7.44. The van der Waals surface area contributed by atoms with Gasteiger partial charge in [-0.1, -0.05) is 86.1 Å². The van der Waals surface area contributed by atoms with Gasteiger partial charge in [-0.3, -0.25) is 4.79 Å². The lowest BCUT2D eigenvalue weighted by Gasteiger charge is -2.23. The van der Waals surface area contributed by atoms with E-state index in [1.54, 1.807) is 62.4 Å². The molecular formula is C18H19ClO4. The highest BCUT2D eigenvalue weighted by atomic mass is 35.5. The third kappa shape index (κ3) is 4.83. The van der Waals surface area contributed by atoms with Crippen LogP contribution in [-0.4, -0.2) is 22.2 Å². The maximum Gasteiger partial charge on any atom is 0.334 e. The molecule has 0 heterocycles. The molecule has 0 unspecified atom stereocenters. The number of aliphatic carboxylic acids is 2. The zero-order valence-electron chi connectivity index (χ0n) is 12.9. The summed E-state index contributed by atoms with van der Waals surface area (Å²) in [6.45, 7) is 3.28. The molecule has 5 heteroatoms. The van der Waals surface area contributed by atoms with Gasteiger partial charge in [0.05, 0.1) is 5.92 Å². The van der Waals surface area contributed by atoms with Gasteiger partial charge in [0.1, 0.15) is 0 Å². The van der Waals surface area contributed by atoms with Crippen LogP contribution in [0.25, 0.3) is 0 Å². The predicted octanol–water partition coefficient (Wildman–Crippen LogP) is 3.98. The summed E-state index contributed by atoms with van der Waals surface area (Å²) in [6, 6.07) is 17.6. The Balaban J connectivity index is 0.000000379. The molecule has 0 saturated heterocycles. The summed E-state index contributed by atoms with van der Waals surface area (Å²) in [5, 5.41) is 17.4. The highest BCUT2D eigenvalue weighted by Gasteiger charge is 2.39. The summed E-state index contributed by atoms with van der Waals surface area (Å²) in [4.78, 5) is 19.7. The lowest BCUT2D eigenvalue weighted by Crippen LogP contribution is -2.30. The minimum atomic E-state index is -1.53. The van der Waals surface area contributed by atoms with Crippen molar-refractivity contribution in [3.63, 3.8) is 0 Å². The van der Waals surface area contributed by atoms with Gasteiger partial charge in [-0.2, -0.15) is 0 Å². The van der Waals surface area contributed by atoms with Gasteiger partial charge in [-0.05, 0) is 11.1 Å². The topological polar surface area (TPSA) is 74.6 Å². The first-order chi connectivity index (χ1) is 10.8. The predicted molar refractivity (Wildman–Crippen MR) is 89.6 cm³/mol. The normalized spacial score (nSPS) is 10.6. The zero-order chi connectivity index (χ0) is 17.5. The van der Waals surface area contributed by atoms with Crippen molar-refractivity contribution in [3.8, 4) is 0 Å². The van der Waals surface area contributed by atoms with Gasteiger partial charge < -0.3 is 10.2 Å². The average molecular weight is 335 g/mol. The maximum atomic E-state index is 11.5. The number of alkyl halides is 1. The molecule has 2 rings (SSSR count). The van der Waals surface area contributed by atoms with Gasteiger partial charge in [-0.15, -0.1) is 0 Å². The highest BCUT2D eigenvalue weighted by molar-refractivity contribution is 6.35. The molecule has 4 nitrogen and oxygen atoms in total. The molecule has 0 atom stereocenters. The fourth-order valence-electron chi connectivity index (χ4n) is 1.75. The lowest BCUT2D eigenvalue weighted by molar-refractivity contribution is -0.141. The van der Waals surface area contributed by atoms with Crippen molar-refractivity contribution in [1.29, 1.82) is 0 Å². The smallest absolute Gasteiger partial charge is 0.334 e. The van der Waals surface area contributed by atoms with Gasteiger partial charge in [0.25, 0.3) is 0 Å². The third-order valence-corrected chi connectivity index (χ3v) is 3.73. The summed E-state index contributed by atoms with van der Waals surface area (Å²) < 4.78 is 0. The second-order valence-corrected chi connectivity index (χ2v) is 5.76. The van der Waals surface area contributed by atoms with Crippen molar-refractivity contribution >= 4 is 23.5 Å². The second-order valence-electron chi connectivity index (χ2n) is 5.19. The number of carbonyl (C=O) groups is 2. The van der Waals surface area contributed by atoms with E-state index in [2.05, 4.69) is 0 Å². The van der Waals surface area contributed by atoms with Crippen LogP contribution in [0.5, 0.6) is 0 Å². The van der Waals surface area contributed by atoms with Crippen molar-refractivity contribution < 1.29 is 19.8 Å². The number of carboxylic acids is 2. The molecule has 23 heavy (non-hydrogen) atoms. The molecule has 2 aromatic rings. The van der Waals surface area contributed by atoms with Gasteiger partial charge >= 0.3 is 11.9 Å². The Bertz CT molecular complexity index is 599. The molecule has 0 saturated carbocycles. The molecule has 122 valence electrons.